The summed E-state index contributed by atoms with van der Waals surface area (Å²) in [6.07, 6.45) is 0.969. The Hall–Kier alpha value is -1.91. The van der Waals surface area contributed by atoms with Crippen molar-refractivity contribution in [2.45, 2.75) is 12.8 Å². The SMILES string of the molecule is COc1ccc(CCNC(=O)Cc2ccc(Cl)c(Cl)c2)cc1OC. The molecule has 0 aromatic heterocycles. The van der Waals surface area contributed by atoms with E-state index in [0.717, 1.165) is 11.1 Å². The van der Waals surface area contributed by atoms with Gasteiger partial charge in [-0.2, -0.15) is 0 Å². The van der Waals surface area contributed by atoms with Crippen molar-refractivity contribution in [3.8, 4) is 11.5 Å². The molecule has 0 radical (unpaired) electrons. The Morgan fingerprint density at radius 1 is 0.958 bits per heavy atom. The summed E-state index contributed by atoms with van der Waals surface area (Å²) >= 11 is 11.8. The minimum absolute atomic E-state index is 0.0612. The van der Waals surface area contributed by atoms with E-state index in [1.807, 2.05) is 18.2 Å². The van der Waals surface area contributed by atoms with Crippen molar-refractivity contribution in [3.63, 3.8) is 0 Å². The molecule has 24 heavy (non-hydrogen) atoms. The third-order valence-electron chi connectivity index (χ3n) is 3.53. The summed E-state index contributed by atoms with van der Waals surface area (Å²) in [6.45, 7) is 0.537. The number of rotatable bonds is 7. The number of hydrogen-bond acceptors (Lipinski definition) is 3. The fourth-order valence-corrected chi connectivity index (χ4v) is 2.60. The van der Waals surface area contributed by atoms with Crippen LogP contribution in [0.1, 0.15) is 11.1 Å². The van der Waals surface area contributed by atoms with Crippen molar-refractivity contribution in [2.24, 2.45) is 0 Å². The van der Waals surface area contributed by atoms with Gasteiger partial charge in [-0.3, -0.25) is 4.79 Å². The lowest BCUT2D eigenvalue weighted by atomic mass is 10.1. The Kier molecular flexibility index (Phi) is 6.76. The first-order valence-electron chi connectivity index (χ1n) is 7.45. The molecule has 1 N–H and O–H groups in total. The maximum absolute atomic E-state index is 12.0. The van der Waals surface area contributed by atoms with E-state index in [4.69, 9.17) is 32.7 Å². The molecule has 0 bridgehead atoms. The lowest BCUT2D eigenvalue weighted by Gasteiger charge is -2.10. The second-order valence-electron chi connectivity index (χ2n) is 5.21. The molecule has 0 fully saturated rings. The minimum Gasteiger partial charge on any atom is -0.493 e. The summed E-state index contributed by atoms with van der Waals surface area (Å²) in [7, 11) is 3.20. The second kappa shape index (κ2) is 8.81. The second-order valence-corrected chi connectivity index (χ2v) is 6.03. The van der Waals surface area contributed by atoms with E-state index in [9.17, 15) is 4.79 Å². The Morgan fingerprint density at radius 2 is 1.67 bits per heavy atom. The van der Waals surface area contributed by atoms with Crippen LogP contribution in [0.2, 0.25) is 10.0 Å². The van der Waals surface area contributed by atoms with E-state index in [2.05, 4.69) is 5.32 Å². The molecule has 0 aliphatic carbocycles. The number of amides is 1. The highest BCUT2D eigenvalue weighted by Gasteiger charge is 2.07. The van der Waals surface area contributed by atoms with Crippen molar-refractivity contribution in [3.05, 3.63) is 57.6 Å². The normalized spacial score (nSPS) is 10.3. The number of halogens is 2. The molecule has 6 heteroatoms. The number of ether oxygens (including phenoxy) is 2. The maximum Gasteiger partial charge on any atom is 0.224 e. The van der Waals surface area contributed by atoms with Gasteiger partial charge in [0.25, 0.3) is 0 Å². The minimum atomic E-state index is -0.0612. The zero-order chi connectivity index (χ0) is 17.5. The summed E-state index contributed by atoms with van der Waals surface area (Å²) in [4.78, 5) is 12.0. The predicted octanol–water partition coefficient (Wildman–Crippen LogP) is 3.91. The molecule has 128 valence electrons. The molecule has 0 aliphatic rings. The Labute approximate surface area is 151 Å². The molecular weight excluding hydrogens is 349 g/mol. The fraction of sp³-hybridized carbons (Fsp3) is 0.278. The van der Waals surface area contributed by atoms with Gasteiger partial charge < -0.3 is 14.8 Å². The quantitative estimate of drug-likeness (QED) is 0.806. The van der Waals surface area contributed by atoms with Crippen LogP contribution in [-0.4, -0.2) is 26.7 Å². The van der Waals surface area contributed by atoms with Crippen LogP contribution in [-0.2, 0) is 17.6 Å². The third-order valence-corrected chi connectivity index (χ3v) is 4.27. The zero-order valence-corrected chi connectivity index (χ0v) is 15.1. The van der Waals surface area contributed by atoms with Gasteiger partial charge in [-0.25, -0.2) is 0 Å². The first kappa shape index (κ1) is 18.4. The third kappa shape index (κ3) is 5.05. The van der Waals surface area contributed by atoms with Gasteiger partial charge in [-0.05, 0) is 41.8 Å². The molecule has 2 rings (SSSR count). The predicted molar refractivity (Wildman–Crippen MR) is 96.4 cm³/mol. The van der Waals surface area contributed by atoms with Gasteiger partial charge >= 0.3 is 0 Å². The molecule has 0 spiro atoms. The van der Waals surface area contributed by atoms with Crippen LogP contribution in [0.5, 0.6) is 11.5 Å². The number of methoxy groups -OCH3 is 2. The molecule has 0 heterocycles. The summed E-state index contributed by atoms with van der Waals surface area (Å²) < 4.78 is 10.5. The smallest absolute Gasteiger partial charge is 0.224 e. The van der Waals surface area contributed by atoms with Gasteiger partial charge in [0.1, 0.15) is 0 Å². The standard InChI is InChI=1S/C18H19Cl2NO3/c1-23-16-6-4-12(10-17(16)24-2)7-8-21-18(22)11-13-3-5-14(19)15(20)9-13/h3-6,9-10H,7-8,11H2,1-2H3,(H,21,22). The van der Waals surface area contributed by atoms with Crippen LogP contribution in [0.4, 0.5) is 0 Å². The molecule has 0 aliphatic heterocycles. The summed E-state index contributed by atoms with van der Waals surface area (Å²) in [6, 6.07) is 10.9. The number of nitrogens with one attached hydrogen (secondary N) is 1. The van der Waals surface area contributed by atoms with Gasteiger partial charge in [0.15, 0.2) is 11.5 Å². The Morgan fingerprint density at radius 3 is 2.33 bits per heavy atom. The largest absolute Gasteiger partial charge is 0.493 e. The highest BCUT2D eigenvalue weighted by molar-refractivity contribution is 6.42. The average molecular weight is 368 g/mol. The molecule has 2 aromatic rings. The monoisotopic (exact) mass is 367 g/mol. The molecule has 0 saturated heterocycles. The number of carbonyl (C=O) groups is 1. The Bertz CT molecular complexity index is 719. The van der Waals surface area contributed by atoms with Crippen LogP contribution < -0.4 is 14.8 Å². The molecule has 1 amide bonds. The van der Waals surface area contributed by atoms with Crippen LogP contribution >= 0.6 is 23.2 Å². The van der Waals surface area contributed by atoms with Gasteiger partial charge in [0, 0.05) is 6.54 Å². The zero-order valence-electron chi connectivity index (χ0n) is 13.6. The molecule has 4 nitrogen and oxygen atoms in total. The summed E-state index contributed by atoms with van der Waals surface area (Å²) in [5.41, 5.74) is 1.88. The molecule has 0 unspecified atom stereocenters. The van der Waals surface area contributed by atoms with E-state index >= 15 is 0 Å². The summed E-state index contributed by atoms with van der Waals surface area (Å²) in [5, 5.41) is 3.82. The highest BCUT2D eigenvalue weighted by Crippen LogP contribution is 2.27. The van der Waals surface area contributed by atoms with Crippen LogP contribution in [0.25, 0.3) is 0 Å². The molecular formula is C18H19Cl2NO3. The van der Waals surface area contributed by atoms with Gasteiger partial charge in [-0.1, -0.05) is 35.3 Å². The molecule has 0 saturated carbocycles. The van der Waals surface area contributed by atoms with E-state index < -0.39 is 0 Å². The first-order valence-corrected chi connectivity index (χ1v) is 8.20. The highest BCUT2D eigenvalue weighted by atomic mass is 35.5. The van der Waals surface area contributed by atoms with E-state index in [1.165, 1.54) is 0 Å². The first-order chi connectivity index (χ1) is 11.5. The topological polar surface area (TPSA) is 47.6 Å². The van der Waals surface area contributed by atoms with Crippen molar-refractivity contribution in [1.82, 2.24) is 5.32 Å². The fourth-order valence-electron chi connectivity index (χ4n) is 2.28. The Balaban J connectivity index is 1.85. The lowest BCUT2D eigenvalue weighted by Crippen LogP contribution is -2.27. The number of hydrogen-bond donors (Lipinski definition) is 1. The maximum atomic E-state index is 12.0. The van der Waals surface area contributed by atoms with Gasteiger partial charge in [0.05, 0.1) is 30.7 Å². The van der Waals surface area contributed by atoms with E-state index in [0.29, 0.717) is 34.5 Å². The van der Waals surface area contributed by atoms with Crippen molar-refractivity contribution >= 4 is 29.1 Å². The van der Waals surface area contributed by atoms with E-state index in [-0.39, 0.29) is 12.3 Å². The van der Waals surface area contributed by atoms with Crippen molar-refractivity contribution < 1.29 is 14.3 Å². The van der Waals surface area contributed by atoms with E-state index in [1.54, 1.807) is 32.4 Å². The lowest BCUT2D eigenvalue weighted by molar-refractivity contribution is -0.120. The molecule has 0 atom stereocenters. The van der Waals surface area contributed by atoms with Gasteiger partial charge in [-0.15, -0.1) is 0 Å². The molecule has 2 aromatic carbocycles. The summed E-state index contributed by atoms with van der Waals surface area (Å²) in [5.74, 6) is 1.30. The van der Waals surface area contributed by atoms with Crippen molar-refractivity contribution in [1.29, 1.82) is 0 Å². The van der Waals surface area contributed by atoms with Crippen molar-refractivity contribution in [2.75, 3.05) is 20.8 Å². The van der Waals surface area contributed by atoms with Crippen LogP contribution in [0, 0.1) is 0 Å². The number of carbonyl (C=O) groups excluding carboxylic acids is 1. The van der Waals surface area contributed by atoms with Gasteiger partial charge in [0.2, 0.25) is 5.91 Å². The average Bonchev–Trinajstić information content (AvgIpc) is 2.58. The number of benzene rings is 2. The van der Waals surface area contributed by atoms with Crippen LogP contribution in [0.15, 0.2) is 36.4 Å². The van der Waals surface area contributed by atoms with Crippen LogP contribution in [0.3, 0.4) is 0 Å².